The third-order valence-corrected chi connectivity index (χ3v) is 2.74. The van der Waals surface area contributed by atoms with E-state index >= 15 is 0 Å². The van der Waals surface area contributed by atoms with Gasteiger partial charge in [0.25, 0.3) is 0 Å². The fourth-order valence-corrected chi connectivity index (χ4v) is 1.81. The van der Waals surface area contributed by atoms with Crippen molar-refractivity contribution in [3.05, 3.63) is 30.5 Å². The van der Waals surface area contributed by atoms with E-state index in [1.54, 1.807) is 0 Å². The summed E-state index contributed by atoms with van der Waals surface area (Å²) in [6.45, 7) is 5.60. The summed E-state index contributed by atoms with van der Waals surface area (Å²) in [7, 11) is 0. The first-order chi connectivity index (χ1) is 7.16. The van der Waals surface area contributed by atoms with Gasteiger partial charge in [-0.15, -0.1) is 0 Å². The largest absolute Gasteiger partial charge is 0.399 e. The number of nitrogens with zero attached hydrogens (tertiary/aromatic N) is 1. The molecule has 15 heavy (non-hydrogen) atoms. The highest BCUT2D eigenvalue weighted by Crippen LogP contribution is 2.19. The molecule has 0 amide bonds. The lowest BCUT2D eigenvalue weighted by Gasteiger charge is -2.07. The van der Waals surface area contributed by atoms with Gasteiger partial charge in [-0.1, -0.05) is 13.8 Å². The molecule has 2 nitrogen and oxygen atoms in total. The van der Waals surface area contributed by atoms with Crippen molar-refractivity contribution < 1.29 is 0 Å². The molecule has 0 radical (unpaired) electrons. The van der Waals surface area contributed by atoms with Gasteiger partial charge in [0, 0.05) is 29.3 Å². The van der Waals surface area contributed by atoms with Crippen molar-refractivity contribution in [2.45, 2.75) is 26.8 Å². The number of hydrogen-bond acceptors (Lipinski definition) is 1. The Kier molecular flexibility index (Phi) is 2.67. The number of rotatable bonds is 3. The predicted octanol–water partition coefficient (Wildman–Crippen LogP) is 3.27. The summed E-state index contributed by atoms with van der Waals surface area (Å²) < 4.78 is 2.30. The van der Waals surface area contributed by atoms with Crippen LogP contribution >= 0.6 is 0 Å². The van der Waals surface area contributed by atoms with E-state index in [1.807, 2.05) is 12.1 Å². The van der Waals surface area contributed by atoms with Gasteiger partial charge in [-0.05, 0) is 36.6 Å². The summed E-state index contributed by atoms with van der Waals surface area (Å²) in [6, 6.07) is 8.23. The summed E-state index contributed by atoms with van der Waals surface area (Å²) in [5.74, 6) is 0.747. The van der Waals surface area contributed by atoms with Gasteiger partial charge >= 0.3 is 0 Å². The highest BCUT2D eigenvalue weighted by Gasteiger charge is 2.01. The minimum absolute atomic E-state index is 0.747. The van der Waals surface area contributed by atoms with Crippen LogP contribution in [0, 0.1) is 5.92 Å². The number of fused-ring (bicyclic) bond motifs is 1. The smallest absolute Gasteiger partial charge is 0.0481 e. The van der Waals surface area contributed by atoms with E-state index in [-0.39, 0.29) is 0 Å². The molecule has 80 valence electrons. The number of benzene rings is 1. The van der Waals surface area contributed by atoms with Gasteiger partial charge in [0.05, 0.1) is 0 Å². The van der Waals surface area contributed by atoms with Crippen molar-refractivity contribution >= 4 is 16.6 Å². The third-order valence-electron chi connectivity index (χ3n) is 2.74. The molecular formula is C13H18N2. The number of nitrogens with two attached hydrogens (primary N) is 1. The van der Waals surface area contributed by atoms with E-state index in [0.29, 0.717) is 0 Å². The maximum absolute atomic E-state index is 5.75. The molecule has 0 aliphatic rings. The van der Waals surface area contributed by atoms with Crippen LogP contribution < -0.4 is 5.73 Å². The molecular weight excluding hydrogens is 184 g/mol. The van der Waals surface area contributed by atoms with Crippen molar-refractivity contribution in [2.24, 2.45) is 5.92 Å². The topological polar surface area (TPSA) is 30.9 Å². The van der Waals surface area contributed by atoms with E-state index in [2.05, 4.69) is 36.7 Å². The van der Waals surface area contributed by atoms with E-state index in [4.69, 9.17) is 5.73 Å². The molecule has 0 unspecified atom stereocenters. The highest BCUT2D eigenvalue weighted by atomic mass is 14.9. The van der Waals surface area contributed by atoms with Crippen molar-refractivity contribution in [3.63, 3.8) is 0 Å². The van der Waals surface area contributed by atoms with E-state index in [9.17, 15) is 0 Å². The molecule has 0 aliphatic heterocycles. The summed E-state index contributed by atoms with van der Waals surface area (Å²) in [4.78, 5) is 0. The standard InChI is InChI=1S/C13H18N2/c1-10(2)5-7-15-8-6-11-9-12(14)3-4-13(11)15/h3-4,6,8-10H,5,7,14H2,1-2H3. The number of hydrogen-bond donors (Lipinski definition) is 1. The zero-order chi connectivity index (χ0) is 10.8. The molecule has 0 saturated carbocycles. The number of nitrogen functional groups attached to an aromatic ring is 1. The second-order valence-electron chi connectivity index (χ2n) is 4.51. The molecule has 2 N–H and O–H groups in total. The maximum Gasteiger partial charge on any atom is 0.0481 e. The Morgan fingerprint density at radius 3 is 2.80 bits per heavy atom. The van der Waals surface area contributed by atoms with Crippen molar-refractivity contribution in [2.75, 3.05) is 5.73 Å². The number of anilines is 1. The van der Waals surface area contributed by atoms with Gasteiger partial charge in [-0.25, -0.2) is 0 Å². The Hall–Kier alpha value is -1.44. The molecule has 0 spiro atoms. The number of aromatic nitrogens is 1. The molecule has 0 aliphatic carbocycles. The minimum Gasteiger partial charge on any atom is -0.399 e. The van der Waals surface area contributed by atoms with Gasteiger partial charge in [-0.3, -0.25) is 0 Å². The molecule has 0 bridgehead atoms. The maximum atomic E-state index is 5.75. The van der Waals surface area contributed by atoms with Crippen LogP contribution in [0.4, 0.5) is 5.69 Å². The van der Waals surface area contributed by atoms with E-state index in [0.717, 1.165) is 18.2 Å². The first kappa shape index (κ1) is 10.1. The third kappa shape index (κ3) is 2.14. The Bertz CT molecular complexity index is 455. The molecule has 2 rings (SSSR count). The van der Waals surface area contributed by atoms with Gasteiger partial charge in [0.1, 0.15) is 0 Å². The van der Waals surface area contributed by atoms with Crippen LogP contribution in [0.1, 0.15) is 20.3 Å². The average molecular weight is 202 g/mol. The van der Waals surface area contributed by atoms with Gasteiger partial charge in [-0.2, -0.15) is 0 Å². The lowest BCUT2D eigenvalue weighted by atomic mass is 10.1. The molecule has 2 heteroatoms. The van der Waals surface area contributed by atoms with Crippen LogP contribution in [0.2, 0.25) is 0 Å². The van der Waals surface area contributed by atoms with Crippen LogP contribution in [0.25, 0.3) is 10.9 Å². The first-order valence-electron chi connectivity index (χ1n) is 5.51. The first-order valence-corrected chi connectivity index (χ1v) is 5.51. The Morgan fingerprint density at radius 1 is 1.27 bits per heavy atom. The van der Waals surface area contributed by atoms with E-state index < -0.39 is 0 Å². The van der Waals surface area contributed by atoms with Gasteiger partial charge < -0.3 is 10.3 Å². The molecule has 0 fully saturated rings. The lowest BCUT2D eigenvalue weighted by Crippen LogP contribution is -1.99. The normalized spacial score (nSPS) is 11.4. The summed E-state index contributed by atoms with van der Waals surface area (Å²) in [5.41, 5.74) is 7.87. The average Bonchev–Trinajstić information content (AvgIpc) is 2.57. The second kappa shape index (κ2) is 3.97. The highest BCUT2D eigenvalue weighted by molar-refractivity contribution is 5.83. The predicted molar refractivity (Wildman–Crippen MR) is 65.8 cm³/mol. The minimum atomic E-state index is 0.747. The Balaban J connectivity index is 2.29. The van der Waals surface area contributed by atoms with Crippen molar-refractivity contribution in [1.29, 1.82) is 0 Å². The van der Waals surface area contributed by atoms with Crippen LogP contribution in [0.3, 0.4) is 0 Å². The van der Waals surface area contributed by atoms with Crippen LogP contribution in [-0.4, -0.2) is 4.57 Å². The quantitative estimate of drug-likeness (QED) is 0.761. The fraction of sp³-hybridized carbons (Fsp3) is 0.385. The molecule has 0 atom stereocenters. The monoisotopic (exact) mass is 202 g/mol. The molecule has 1 aromatic carbocycles. The van der Waals surface area contributed by atoms with Crippen molar-refractivity contribution in [3.8, 4) is 0 Å². The summed E-state index contributed by atoms with van der Waals surface area (Å²) in [5, 5.41) is 1.23. The lowest BCUT2D eigenvalue weighted by molar-refractivity contribution is 0.524. The molecule has 1 heterocycles. The zero-order valence-electron chi connectivity index (χ0n) is 9.40. The summed E-state index contributed by atoms with van der Waals surface area (Å²) in [6.07, 6.45) is 3.36. The van der Waals surface area contributed by atoms with Crippen LogP contribution in [0.15, 0.2) is 30.5 Å². The van der Waals surface area contributed by atoms with Crippen LogP contribution in [-0.2, 0) is 6.54 Å². The van der Waals surface area contributed by atoms with Crippen molar-refractivity contribution in [1.82, 2.24) is 4.57 Å². The number of aryl methyl sites for hydroxylation is 1. The SMILES string of the molecule is CC(C)CCn1ccc2cc(N)ccc21. The Morgan fingerprint density at radius 2 is 2.07 bits per heavy atom. The molecule has 1 aromatic heterocycles. The van der Waals surface area contributed by atoms with Crippen LogP contribution in [0.5, 0.6) is 0 Å². The molecule has 0 saturated heterocycles. The fourth-order valence-electron chi connectivity index (χ4n) is 1.81. The van der Waals surface area contributed by atoms with Gasteiger partial charge in [0.15, 0.2) is 0 Å². The van der Waals surface area contributed by atoms with Gasteiger partial charge in [0.2, 0.25) is 0 Å². The zero-order valence-corrected chi connectivity index (χ0v) is 9.40. The molecule has 2 aromatic rings. The van der Waals surface area contributed by atoms with E-state index in [1.165, 1.54) is 17.3 Å². The summed E-state index contributed by atoms with van der Waals surface area (Å²) >= 11 is 0. The Labute approximate surface area is 90.7 Å². The second-order valence-corrected chi connectivity index (χ2v) is 4.51.